The molecule has 1 atom stereocenters. The van der Waals surface area contributed by atoms with Gasteiger partial charge in [0.15, 0.2) is 0 Å². The third kappa shape index (κ3) is 3.28. The van der Waals surface area contributed by atoms with E-state index in [-0.39, 0.29) is 5.82 Å². The van der Waals surface area contributed by atoms with Crippen LogP contribution in [0.2, 0.25) is 0 Å². The van der Waals surface area contributed by atoms with Gasteiger partial charge in [0.05, 0.1) is 4.90 Å². The summed E-state index contributed by atoms with van der Waals surface area (Å²) in [5.74, 6) is 0.791. The normalized spacial score (nSPS) is 12.1. The van der Waals surface area contributed by atoms with Crippen LogP contribution >= 0.6 is 10.7 Å². The van der Waals surface area contributed by atoms with Crippen molar-refractivity contribution < 1.29 is 13.3 Å². The zero-order valence-corrected chi connectivity index (χ0v) is 10.2. The highest BCUT2D eigenvalue weighted by Gasteiger charge is 2.01. The third-order valence-electron chi connectivity index (χ3n) is 2.06. The maximum absolute atomic E-state index is 12.7. The lowest BCUT2D eigenvalue weighted by Gasteiger charge is -2.05. The second kappa shape index (κ2) is 5.29. The van der Waals surface area contributed by atoms with E-state index in [0.29, 0.717) is 16.4 Å². The Morgan fingerprint density at radius 1 is 0.941 bits per heavy atom. The molecule has 0 spiro atoms. The molecule has 2 rings (SSSR count). The molecule has 2 aromatic rings. The van der Waals surface area contributed by atoms with Crippen LogP contribution in [0.4, 0.5) is 4.39 Å². The van der Waals surface area contributed by atoms with Gasteiger partial charge in [-0.3, -0.25) is 0 Å². The molecule has 0 heterocycles. The molecule has 2 aromatic carbocycles. The Hall–Kier alpha value is -1.39. The summed E-state index contributed by atoms with van der Waals surface area (Å²) >= 11 is 0. The minimum absolute atomic E-state index is 0.315. The molecule has 88 valence electrons. The van der Waals surface area contributed by atoms with E-state index in [1.54, 1.807) is 24.3 Å². The van der Waals surface area contributed by atoms with Gasteiger partial charge in [-0.2, -0.15) is 0 Å². The van der Waals surface area contributed by atoms with Crippen molar-refractivity contribution in [3.05, 3.63) is 54.3 Å². The van der Waals surface area contributed by atoms with Gasteiger partial charge in [0.1, 0.15) is 27.3 Å². The number of ether oxygens (including phenoxy) is 1. The van der Waals surface area contributed by atoms with Gasteiger partial charge in [-0.05, 0) is 59.2 Å². The van der Waals surface area contributed by atoms with Crippen molar-refractivity contribution in [1.82, 2.24) is 0 Å². The van der Waals surface area contributed by atoms with Crippen LogP contribution in [-0.4, -0.2) is 4.21 Å². The Bertz CT molecular complexity index is 525. The summed E-state index contributed by atoms with van der Waals surface area (Å²) in [6.07, 6.45) is 0. The highest BCUT2D eigenvalue weighted by atomic mass is 35.7. The molecule has 2 nitrogen and oxygen atoms in total. The van der Waals surface area contributed by atoms with Gasteiger partial charge in [-0.1, -0.05) is 0 Å². The monoisotopic (exact) mass is 270 g/mol. The molecular weight excluding hydrogens is 263 g/mol. The Kier molecular flexibility index (Phi) is 3.76. The molecule has 0 fully saturated rings. The fraction of sp³-hybridized carbons (Fsp3) is 0. The Morgan fingerprint density at radius 2 is 1.41 bits per heavy atom. The number of benzene rings is 2. The average molecular weight is 271 g/mol. The van der Waals surface area contributed by atoms with Crippen molar-refractivity contribution >= 4 is 20.7 Å². The van der Waals surface area contributed by atoms with Crippen molar-refractivity contribution in [1.29, 1.82) is 0 Å². The second-order valence-electron chi connectivity index (χ2n) is 3.25. The van der Waals surface area contributed by atoms with E-state index < -0.39 is 10.0 Å². The standard InChI is InChI=1S/C12H8ClFO2S/c13-17(15)12-7-5-11(6-8-12)16-10-3-1-9(14)2-4-10/h1-8H. The summed E-state index contributed by atoms with van der Waals surface area (Å²) in [6.45, 7) is 0. The van der Waals surface area contributed by atoms with Crippen LogP contribution in [0.25, 0.3) is 0 Å². The van der Waals surface area contributed by atoms with E-state index in [0.717, 1.165) is 0 Å². The maximum Gasteiger partial charge on any atom is 0.147 e. The highest BCUT2D eigenvalue weighted by Crippen LogP contribution is 2.23. The molecule has 0 saturated heterocycles. The van der Waals surface area contributed by atoms with Crippen molar-refractivity contribution in [2.75, 3.05) is 0 Å². The smallest absolute Gasteiger partial charge is 0.147 e. The lowest BCUT2D eigenvalue weighted by Crippen LogP contribution is -1.86. The quantitative estimate of drug-likeness (QED) is 0.791. The van der Waals surface area contributed by atoms with Crippen LogP contribution in [0, 0.1) is 5.82 Å². The lowest BCUT2D eigenvalue weighted by atomic mass is 10.3. The van der Waals surface area contributed by atoms with Crippen LogP contribution in [0.5, 0.6) is 11.5 Å². The zero-order valence-electron chi connectivity index (χ0n) is 8.60. The van der Waals surface area contributed by atoms with Crippen molar-refractivity contribution in [2.45, 2.75) is 4.90 Å². The van der Waals surface area contributed by atoms with Crippen molar-refractivity contribution in [3.8, 4) is 11.5 Å². The molecule has 0 aliphatic rings. The van der Waals surface area contributed by atoms with E-state index in [1.165, 1.54) is 24.3 Å². The van der Waals surface area contributed by atoms with Crippen LogP contribution in [0.15, 0.2) is 53.4 Å². The SMILES string of the molecule is O=S(Cl)c1ccc(Oc2ccc(F)cc2)cc1. The van der Waals surface area contributed by atoms with Gasteiger partial charge in [0.25, 0.3) is 0 Å². The largest absolute Gasteiger partial charge is 0.457 e. The molecular formula is C12H8ClFO2S. The fourth-order valence-electron chi connectivity index (χ4n) is 1.25. The summed E-state index contributed by atoms with van der Waals surface area (Å²) in [4.78, 5) is 0.512. The first kappa shape index (κ1) is 12.1. The highest BCUT2D eigenvalue weighted by molar-refractivity contribution is 8.08. The van der Waals surface area contributed by atoms with Gasteiger partial charge < -0.3 is 4.74 Å². The van der Waals surface area contributed by atoms with Gasteiger partial charge in [-0.25, -0.2) is 8.60 Å². The molecule has 0 N–H and O–H groups in total. The van der Waals surface area contributed by atoms with E-state index in [1.807, 2.05) is 0 Å². The predicted molar refractivity (Wildman–Crippen MR) is 65.2 cm³/mol. The Labute approximate surface area is 105 Å². The van der Waals surface area contributed by atoms with Gasteiger partial charge >= 0.3 is 0 Å². The van der Waals surface area contributed by atoms with Crippen LogP contribution < -0.4 is 4.74 Å². The van der Waals surface area contributed by atoms with Crippen molar-refractivity contribution in [3.63, 3.8) is 0 Å². The number of hydrogen-bond donors (Lipinski definition) is 0. The average Bonchev–Trinajstić information content (AvgIpc) is 2.33. The fourth-order valence-corrected chi connectivity index (χ4v) is 1.91. The predicted octanol–water partition coefficient (Wildman–Crippen LogP) is 3.88. The molecule has 0 aliphatic heterocycles. The number of hydrogen-bond acceptors (Lipinski definition) is 2. The van der Waals surface area contributed by atoms with Gasteiger partial charge in [0, 0.05) is 0 Å². The Balaban J connectivity index is 2.13. The summed E-state index contributed by atoms with van der Waals surface area (Å²) in [5.41, 5.74) is 0. The molecule has 5 heteroatoms. The third-order valence-corrected chi connectivity index (χ3v) is 3.24. The molecule has 0 amide bonds. The molecule has 0 saturated carbocycles. The number of rotatable bonds is 3. The first-order chi connectivity index (χ1) is 8.15. The van der Waals surface area contributed by atoms with Gasteiger partial charge in [-0.15, -0.1) is 0 Å². The van der Waals surface area contributed by atoms with E-state index in [2.05, 4.69) is 0 Å². The number of halogens is 2. The first-order valence-corrected chi connectivity index (χ1v) is 6.74. The first-order valence-electron chi connectivity index (χ1n) is 4.77. The summed E-state index contributed by atoms with van der Waals surface area (Å²) < 4.78 is 29.1. The topological polar surface area (TPSA) is 26.3 Å². The minimum atomic E-state index is -1.52. The van der Waals surface area contributed by atoms with Crippen LogP contribution in [0.3, 0.4) is 0 Å². The minimum Gasteiger partial charge on any atom is -0.457 e. The van der Waals surface area contributed by atoms with Crippen LogP contribution in [-0.2, 0) is 10.0 Å². The van der Waals surface area contributed by atoms with Crippen molar-refractivity contribution in [2.24, 2.45) is 0 Å². The zero-order chi connectivity index (χ0) is 12.3. The van der Waals surface area contributed by atoms with Gasteiger partial charge in [0.2, 0.25) is 0 Å². The molecule has 0 aliphatic carbocycles. The Morgan fingerprint density at radius 3 is 1.88 bits per heavy atom. The molecule has 0 bridgehead atoms. The lowest BCUT2D eigenvalue weighted by molar-refractivity contribution is 0.480. The molecule has 17 heavy (non-hydrogen) atoms. The second-order valence-corrected chi connectivity index (χ2v) is 5.01. The summed E-state index contributed by atoms with van der Waals surface area (Å²) in [6, 6.07) is 12.2. The summed E-state index contributed by atoms with van der Waals surface area (Å²) in [5, 5.41) is 0. The van der Waals surface area contributed by atoms with Crippen LogP contribution in [0.1, 0.15) is 0 Å². The molecule has 0 radical (unpaired) electrons. The maximum atomic E-state index is 12.7. The van der Waals surface area contributed by atoms with E-state index in [4.69, 9.17) is 15.4 Å². The molecule has 1 unspecified atom stereocenters. The summed E-state index contributed by atoms with van der Waals surface area (Å²) in [7, 11) is 3.90. The molecule has 0 aromatic heterocycles. The van der Waals surface area contributed by atoms with E-state index >= 15 is 0 Å². The van der Waals surface area contributed by atoms with E-state index in [9.17, 15) is 8.60 Å².